The molecular weight excluding hydrogens is 346 g/mol. The van der Waals surface area contributed by atoms with Crippen LogP contribution in [0.2, 0.25) is 0 Å². The number of amides is 1. The van der Waals surface area contributed by atoms with E-state index in [0.717, 1.165) is 0 Å². The van der Waals surface area contributed by atoms with Crippen molar-refractivity contribution in [1.82, 2.24) is 14.9 Å². The van der Waals surface area contributed by atoms with Crippen LogP contribution < -0.4 is 10.6 Å². The third kappa shape index (κ3) is 5.27. The van der Waals surface area contributed by atoms with Crippen molar-refractivity contribution in [2.24, 2.45) is 12.0 Å². The summed E-state index contributed by atoms with van der Waals surface area (Å²) in [6.45, 7) is 9.08. The minimum absolute atomic E-state index is 0.226. The van der Waals surface area contributed by atoms with Crippen LogP contribution in [0, 0.1) is 0 Å². The van der Waals surface area contributed by atoms with Crippen LogP contribution in [-0.4, -0.2) is 33.9 Å². The first-order valence-corrected chi connectivity index (χ1v) is 8.39. The van der Waals surface area contributed by atoms with Crippen LogP contribution in [0.3, 0.4) is 0 Å². The van der Waals surface area contributed by atoms with Gasteiger partial charge in [0, 0.05) is 38.1 Å². The van der Waals surface area contributed by atoms with Gasteiger partial charge in [-0.2, -0.15) is 0 Å². The number of carbonyl (C=O) groups is 2. The molecule has 0 unspecified atom stereocenters. The fourth-order valence-corrected chi connectivity index (χ4v) is 2.41. The van der Waals surface area contributed by atoms with E-state index in [0.29, 0.717) is 34.3 Å². The maximum Gasteiger partial charge on any atom is 0.340 e. The highest BCUT2D eigenvalue weighted by molar-refractivity contribution is 6.08. The minimum Gasteiger partial charge on any atom is -0.462 e. The highest BCUT2D eigenvalue weighted by Crippen LogP contribution is 2.19. The highest BCUT2D eigenvalue weighted by Gasteiger charge is 2.20. The van der Waals surface area contributed by atoms with Crippen molar-refractivity contribution in [2.75, 3.05) is 11.9 Å². The van der Waals surface area contributed by atoms with Gasteiger partial charge in [0.25, 0.3) is 0 Å². The van der Waals surface area contributed by atoms with Gasteiger partial charge in [-0.25, -0.2) is 14.8 Å². The molecule has 142 valence electrons. The van der Waals surface area contributed by atoms with Crippen molar-refractivity contribution in [3.63, 3.8) is 0 Å². The number of ether oxygens (including phenoxy) is 1. The van der Waals surface area contributed by atoms with E-state index >= 15 is 0 Å². The SMILES string of the molecule is C=C(C)NC(=Nc1ccnc(NC(C)=O)c1)c1c(C(=O)OCC)ccn1C. The molecule has 0 aliphatic rings. The highest BCUT2D eigenvalue weighted by atomic mass is 16.5. The molecule has 2 rings (SSSR count). The maximum atomic E-state index is 12.3. The van der Waals surface area contributed by atoms with E-state index in [1.54, 1.807) is 49.0 Å². The Bertz CT molecular complexity index is 899. The Morgan fingerprint density at radius 3 is 2.70 bits per heavy atom. The normalized spacial score (nSPS) is 11.0. The number of rotatable bonds is 6. The minimum atomic E-state index is -0.432. The Morgan fingerprint density at radius 2 is 2.07 bits per heavy atom. The first-order chi connectivity index (χ1) is 12.8. The van der Waals surface area contributed by atoms with Gasteiger partial charge in [-0.05, 0) is 26.0 Å². The van der Waals surface area contributed by atoms with E-state index in [1.807, 2.05) is 7.05 Å². The van der Waals surface area contributed by atoms with Crippen molar-refractivity contribution in [3.05, 3.63) is 54.1 Å². The molecule has 0 atom stereocenters. The van der Waals surface area contributed by atoms with Crippen LogP contribution in [0.4, 0.5) is 11.5 Å². The van der Waals surface area contributed by atoms with Gasteiger partial charge >= 0.3 is 5.97 Å². The molecule has 0 radical (unpaired) electrons. The third-order valence-electron chi connectivity index (χ3n) is 3.41. The molecule has 2 aromatic heterocycles. The maximum absolute atomic E-state index is 12.3. The number of nitrogens with zero attached hydrogens (tertiary/aromatic N) is 3. The molecule has 0 fully saturated rings. The second-order valence-corrected chi connectivity index (χ2v) is 5.86. The predicted octanol–water partition coefficient (Wildman–Crippen LogP) is 2.76. The molecule has 2 N–H and O–H groups in total. The zero-order valence-electron chi connectivity index (χ0n) is 15.9. The number of amidine groups is 1. The summed E-state index contributed by atoms with van der Waals surface area (Å²) >= 11 is 0. The monoisotopic (exact) mass is 369 g/mol. The zero-order valence-corrected chi connectivity index (χ0v) is 15.9. The number of carbonyl (C=O) groups excluding carboxylic acids is 2. The quantitative estimate of drug-likeness (QED) is 0.463. The van der Waals surface area contributed by atoms with Crippen LogP contribution in [0.15, 0.2) is 47.9 Å². The fraction of sp³-hybridized carbons (Fsp3) is 0.263. The van der Waals surface area contributed by atoms with Crippen molar-refractivity contribution in [2.45, 2.75) is 20.8 Å². The number of hydrogen-bond acceptors (Lipinski definition) is 5. The first-order valence-electron chi connectivity index (χ1n) is 8.39. The van der Waals surface area contributed by atoms with Gasteiger partial charge in [0.15, 0.2) is 5.84 Å². The molecule has 8 heteroatoms. The number of aryl methyl sites for hydroxylation is 1. The molecule has 2 heterocycles. The number of nitrogens with one attached hydrogen (secondary N) is 2. The molecule has 0 aromatic carbocycles. The molecule has 0 bridgehead atoms. The van der Waals surface area contributed by atoms with E-state index in [1.165, 1.54) is 6.92 Å². The average molecular weight is 369 g/mol. The summed E-state index contributed by atoms with van der Waals surface area (Å²) < 4.78 is 6.91. The Kier molecular flexibility index (Phi) is 6.48. The lowest BCUT2D eigenvalue weighted by Crippen LogP contribution is -2.26. The van der Waals surface area contributed by atoms with Crippen LogP contribution in [-0.2, 0) is 16.6 Å². The predicted molar refractivity (Wildman–Crippen MR) is 104 cm³/mol. The van der Waals surface area contributed by atoms with Gasteiger partial charge in [0.2, 0.25) is 5.91 Å². The Hall–Kier alpha value is -3.42. The second-order valence-electron chi connectivity index (χ2n) is 5.86. The second kappa shape index (κ2) is 8.79. The fourth-order valence-electron chi connectivity index (χ4n) is 2.41. The summed E-state index contributed by atoms with van der Waals surface area (Å²) in [7, 11) is 1.81. The van der Waals surface area contributed by atoms with E-state index in [9.17, 15) is 9.59 Å². The number of pyridine rings is 1. The Labute approximate surface area is 158 Å². The molecule has 8 nitrogen and oxygen atoms in total. The molecular formula is C19H23N5O3. The first kappa shape index (κ1) is 19.9. The molecule has 0 saturated heterocycles. The third-order valence-corrected chi connectivity index (χ3v) is 3.41. The Balaban J connectivity index is 2.52. The van der Waals surface area contributed by atoms with Crippen molar-refractivity contribution in [1.29, 1.82) is 0 Å². The lowest BCUT2D eigenvalue weighted by atomic mass is 10.2. The largest absolute Gasteiger partial charge is 0.462 e. The van der Waals surface area contributed by atoms with Gasteiger partial charge in [0.05, 0.1) is 23.6 Å². The Morgan fingerprint density at radius 1 is 1.33 bits per heavy atom. The molecule has 0 spiro atoms. The summed E-state index contributed by atoms with van der Waals surface area (Å²) in [6.07, 6.45) is 3.30. The summed E-state index contributed by atoms with van der Waals surface area (Å²) in [5.41, 5.74) is 2.16. The van der Waals surface area contributed by atoms with Gasteiger partial charge in [0.1, 0.15) is 5.82 Å². The van der Waals surface area contributed by atoms with E-state index < -0.39 is 5.97 Å². The average Bonchev–Trinajstić information content (AvgIpc) is 2.95. The van der Waals surface area contributed by atoms with Crippen LogP contribution >= 0.6 is 0 Å². The zero-order chi connectivity index (χ0) is 20.0. The van der Waals surface area contributed by atoms with E-state index in [4.69, 9.17) is 4.74 Å². The number of hydrogen-bond donors (Lipinski definition) is 2. The summed E-state index contributed by atoms with van der Waals surface area (Å²) in [5.74, 6) is 0.155. The molecule has 0 aliphatic heterocycles. The molecule has 0 aliphatic carbocycles. The van der Waals surface area contributed by atoms with Crippen molar-refractivity contribution >= 4 is 29.2 Å². The van der Waals surface area contributed by atoms with Gasteiger partial charge in [-0.1, -0.05) is 6.58 Å². The number of aliphatic imine (C=N–C) groups is 1. The topological polar surface area (TPSA) is 97.6 Å². The number of esters is 1. The molecule has 2 aromatic rings. The number of anilines is 1. The smallest absolute Gasteiger partial charge is 0.340 e. The van der Waals surface area contributed by atoms with Gasteiger partial charge in [-0.3, -0.25) is 4.79 Å². The molecule has 1 amide bonds. The number of aromatic nitrogens is 2. The van der Waals surface area contributed by atoms with Crippen LogP contribution in [0.25, 0.3) is 0 Å². The molecule has 27 heavy (non-hydrogen) atoms. The lowest BCUT2D eigenvalue weighted by molar-refractivity contribution is -0.114. The summed E-state index contributed by atoms with van der Waals surface area (Å²) in [6, 6.07) is 5.01. The standard InChI is InChI=1S/C19H23N5O3/c1-6-27-19(26)15-8-10-24(5)17(15)18(21-12(2)3)23-14-7-9-20-16(11-14)22-13(4)25/h7-11H,2,6H2,1,3-5H3,(H2,20,21,22,23,25). The van der Waals surface area contributed by atoms with E-state index in [-0.39, 0.29) is 12.5 Å². The van der Waals surface area contributed by atoms with Crippen molar-refractivity contribution in [3.8, 4) is 0 Å². The van der Waals surface area contributed by atoms with E-state index in [2.05, 4.69) is 27.2 Å². The summed E-state index contributed by atoms with van der Waals surface area (Å²) in [5, 5.41) is 5.70. The van der Waals surface area contributed by atoms with Gasteiger partial charge < -0.3 is 19.9 Å². The molecule has 0 saturated carbocycles. The van der Waals surface area contributed by atoms with Gasteiger partial charge in [-0.15, -0.1) is 0 Å². The van der Waals surface area contributed by atoms with Crippen LogP contribution in [0.1, 0.15) is 36.8 Å². The summed E-state index contributed by atoms with van der Waals surface area (Å²) in [4.78, 5) is 32.2. The lowest BCUT2D eigenvalue weighted by Gasteiger charge is -2.13. The number of allylic oxidation sites excluding steroid dienone is 1. The van der Waals surface area contributed by atoms with Crippen LogP contribution in [0.5, 0.6) is 0 Å². The van der Waals surface area contributed by atoms with Crippen molar-refractivity contribution < 1.29 is 14.3 Å².